The zero-order chi connectivity index (χ0) is 22.4. The predicted octanol–water partition coefficient (Wildman–Crippen LogP) is 5.46. The third kappa shape index (κ3) is 4.66. The molecule has 0 atom stereocenters. The molecule has 0 aliphatic carbocycles. The van der Waals surface area contributed by atoms with E-state index < -0.39 is 24.0 Å². The van der Waals surface area contributed by atoms with Gasteiger partial charge >= 0.3 is 6.18 Å². The molecule has 0 saturated heterocycles. The number of aryl methyl sites for hydroxylation is 3. The van der Waals surface area contributed by atoms with Crippen molar-refractivity contribution < 1.29 is 26.9 Å². The van der Waals surface area contributed by atoms with Gasteiger partial charge in [0.25, 0.3) is 11.6 Å². The van der Waals surface area contributed by atoms with Gasteiger partial charge in [-0.3, -0.25) is 4.79 Å². The molecule has 0 bridgehead atoms. The van der Waals surface area contributed by atoms with Gasteiger partial charge in [-0.1, -0.05) is 25.9 Å². The molecule has 0 aromatic carbocycles. The number of alkyl halides is 3. The number of carbonyl (C=O) groups excluding carboxylic acids is 1. The van der Waals surface area contributed by atoms with Gasteiger partial charge in [-0.05, 0) is 38.3 Å². The second-order valence-corrected chi connectivity index (χ2v) is 8.67. The molecule has 0 fully saturated rings. The Morgan fingerprint density at radius 3 is 2.30 bits per heavy atom. The van der Waals surface area contributed by atoms with Crippen LogP contribution in [0, 0.1) is 26.2 Å². The molecule has 0 saturated carbocycles. The maximum Gasteiger partial charge on any atom is 0.406 e. The molecule has 3 aromatic rings. The number of nitrogens with zero attached hydrogens (tertiary/aromatic N) is 3. The number of carbonyl (C=O) groups is 1. The number of hydrogen-bond donors (Lipinski definition) is 0. The number of aromatic nitrogens is 2. The third-order valence-corrected chi connectivity index (χ3v) is 4.49. The first-order valence-electron chi connectivity index (χ1n) is 9.45. The van der Waals surface area contributed by atoms with Gasteiger partial charge < -0.3 is 13.8 Å². The van der Waals surface area contributed by atoms with E-state index in [0.717, 1.165) is 4.90 Å². The van der Waals surface area contributed by atoms with Crippen molar-refractivity contribution in [2.24, 2.45) is 5.41 Å². The first-order valence-corrected chi connectivity index (χ1v) is 9.45. The van der Waals surface area contributed by atoms with Crippen LogP contribution in [-0.2, 0) is 0 Å². The SMILES string of the molecule is Cc1cc(-c2cc(C(=O)N(CC(C)(C)C)CC(F)(F)F)c3c(C)noc3n2)c(C)o1. The van der Waals surface area contributed by atoms with Gasteiger partial charge in [-0.25, -0.2) is 4.98 Å². The summed E-state index contributed by atoms with van der Waals surface area (Å²) in [5, 5.41) is 4.16. The molecule has 0 spiro atoms. The van der Waals surface area contributed by atoms with Gasteiger partial charge in [0, 0.05) is 12.1 Å². The molecule has 0 radical (unpaired) electrons. The molecule has 3 rings (SSSR count). The molecule has 6 nitrogen and oxygen atoms in total. The minimum atomic E-state index is -4.53. The van der Waals surface area contributed by atoms with Crippen molar-refractivity contribution in [3.63, 3.8) is 0 Å². The topological polar surface area (TPSA) is 72.4 Å². The van der Waals surface area contributed by atoms with Gasteiger partial charge in [-0.2, -0.15) is 13.2 Å². The lowest BCUT2D eigenvalue weighted by Crippen LogP contribution is -2.43. The fraction of sp³-hybridized carbons (Fsp3) is 0.476. The normalized spacial score (nSPS) is 12.6. The molecule has 3 heterocycles. The number of halogens is 3. The lowest BCUT2D eigenvalue weighted by molar-refractivity contribution is -0.142. The van der Waals surface area contributed by atoms with Crippen molar-refractivity contribution in [2.75, 3.05) is 13.1 Å². The van der Waals surface area contributed by atoms with Crippen LogP contribution in [0.3, 0.4) is 0 Å². The van der Waals surface area contributed by atoms with Crippen molar-refractivity contribution in [2.45, 2.75) is 47.7 Å². The van der Waals surface area contributed by atoms with Gasteiger partial charge in [0.05, 0.1) is 22.3 Å². The maximum absolute atomic E-state index is 13.3. The summed E-state index contributed by atoms with van der Waals surface area (Å²) >= 11 is 0. The Bertz CT molecular complexity index is 1070. The van der Waals surface area contributed by atoms with E-state index in [9.17, 15) is 18.0 Å². The molecule has 0 aliphatic rings. The average Bonchev–Trinajstić information content (AvgIpc) is 3.12. The van der Waals surface area contributed by atoms with Crippen molar-refractivity contribution >= 4 is 17.0 Å². The van der Waals surface area contributed by atoms with E-state index in [4.69, 9.17) is 8.94 Å². The summed E-state index contributed by atoms with van der Waals surface area (Å²) < 4.78 is 50.5. The van der Waals surface area contributed by atoms with Crippen molar-refractivity contribution in [3.05, 3.63) is 34.9 Å². The zero-order valence-corrected chi connectivity index (χ0v) is 17.8. The summed E-state index contributed by atoms with van der Waals surface area (Å²) in [6.45, 7) is 9.05. The Hall–Kier alpha value is -2.84. The van der Waals surface area contributed by atoms with Crippen molar-refractivity contribution in [3.8, 4) is 11.3 Å². The van der Waals surface area contributed by atoms with Gasteiger partial charge in [-0.15, -0.1) is 0 Å². The fourth-order valence-electron chi connectivity index (χ4n) is 3.45. The summed E-state index contributed by atoms with van der Waals surface area (Å²) in [5.74, 6) is 0.480. The van der Waals surface area contributed by atoms with Crippen LogP contribution < -0.4 is 0 Å². The lowest BCUT2D eigenvalue weighted by Gasteiger charge is -2.31. The summed E-state index contributed by atoms with van der Waals surface area (Å²) in [6, 6.07) is 3.24. The highest BCUT2D eigenvalue weighted by atomic mass is 19.4. The summed E-state index contributed by atoms with van der Waals surface area (Å²) in [4.78, 5) is 18.6. The quantitative estimate of drug-likeness (QED) is 0.557. The van der Waals surface area contributed by atoms with Crippen LogP contribution in [0.1, 0.15) is 48.3 Å². The Morgan fingerprint density at radius 2 is 1.77 bits per heavy atom. The van der Waals surface area contributed by atoms with E-state index in [-0.39, 0.29) is 17.8 Å². The van der Waals surface area contributed by atoms with Gasteiger partial charge in [0.15, 0.2) is 0 Å². The van der Waals surface area contributed by atoms with E-state index >= 15 is 0 Å². The first-order chi connectivity index (χ1) is 13.7. The molecular weight excluding hydrogens is 399 g/mol. The van der Waals surface area contributed by atoms with Crippen LogP contribution >= 0.6 is 0 Å². The molecule has 162 valence electrons. The highest BCUT2D eigenvalue weighted by Crippen LogP contribution is 2.32. The van der Waals surface area contributed by atoms with E-state index in [1.54, 1.807) is 47.6 Å². The van der Waals surface area contributed by atoms with Crippen LogP contribution in [0.5, 0.6) is 0 Å². The molecule has 1 amide bonds. The highest BCUT2D eigenvalue weighted by molar-refractivity contribution is 6.07. The minimum Gasteiger partial charge on any atom is -0.466 e. The summed E-state index contributed by atoms with van der Waals surface area (Å²) in [7, 11) is 0. The van der Waals surface area contributed by atoms with Crippen LogP contribution in [0.4, 0.5) is 13.2 Å². The number of pyridine rings is 1. The smallest absolute Gasteiger partial charge is 0.406 e. The summed E-state index contributed by atoms with van der Waals surface area (Å²) in [6.07, 6.45) is -4.53. The van der Waals surface area contributed by atoms with E-state index in [2.05, 4.69) is 10.1 Å². The molecule has 9 heteroatoms. The minimum absolute atomic E-state index is 0.0699. The molecule has 3 aromatic heterocycles. The average molecular weight is 423 g/mol. The Balaban J connectivity index is 2.17. The Kier molecular flexibility index (Phi) is 5.43. The van der Waals surface area contributed by atoms with Crippen LogP contribution in [0.15, 0.2) is 21.1 Å². The highest BCUT2D eigenvalue weighted by Gasteiger charge is 2.36. The predicted molar refractivity (Wildman–Crippen MR) is 105 cm³/mol. The summed E-state index contributed by atoms with van der Waals surface area (Å²) in [5.41, 5.74) is 1.03. The molecule has 0 N–H and O–H groups in total. The number of rotatable bonds is 4. The Labute approximate surface area is 172 Å². The molecule has 30 heavy (non-hydrogen) atoms. The van der Waals surface area contributed by atoms with Crippen molar-refractivity contribution in [1.82, 2.24) is 15.0 Å². The van der Waals surface area contributed by atoms with E-state index in [0.29, 0.717) is 33.9 Å². The van der Waals surface area contributed by atoms with Crippen LogP contribution in [0.2, 0.25) is 0 Å². The molecule has 0 aliphatic heterocycles. The molecule has 0 unspecified atom stereocenters. The second kappa shape index (κ2) is 7.45. The number of fused-ring (bicyclic) bond motifs is 1. The number of amides is 1. The van der Waals surface area contributed by atoms with Crippen LogP contribution in [0.25, 0.3) is 22.4 Å². The van der Waals surface area contributed by atoms with E-state index in [1.807, 2.05) is 0 Å². The Morgan fingerprint density at radius 1 is 1.10 bits per heavy atom. The monoisotopic (exact) mass is 423 g/mol. The number of hydrogen-bond acceptors (Lipinski definition) is 5. The van der Waals surface area contributed by atoms with Gasteiger partial charge in [0.2, 0.25) is 0 Å². The third-order valence-electron chi connectivity index (χ3n) is 4.49. The number of furan rings is 1. The lowest BCUT2D eigenvalue weighted by atomic mass is 9.95. The maximum atomic E-state index is 13.3. The fourth-order valence-corrected chi connectivity index (χ4v) is 3.45. The largest absolute Gasteiger partial charge is 0.466 e. The second-order valence-electron chi connectivity index (χ2n) is 8.67. The zero-order valence-electron chi connectivity index (χ0n) is 17.8. The first kappa shape index (κ1) is 21.9. The molecular formula is C21H24F3N3O3. The van der Waals surface area contributed by atoms with E-state index in [1.165, 1.54) is 6.07 Å². The van der Waals surface area contributed by atoms with Crippen molar-refractivity contribution in [1.29, 1.82) is 0 Å². The standard InChI is InChI=1S/C21H24F3N3O3/c1-11-7-14(13(3)29-11)16-8-15(17-12(2)26-30-18(17)25-16)19(28)27(9-20(4,5)6)10-21(22,23)24/h7-8H,9-10H2,1-6H3. The van der Waals surface area contributed by atoms with Crippen LogP contribution in [-0.4, -0.2) is 40.2 Å². The van der Waals surface area contributed by atoms with Gasteiger partial charge in [0.1, 0.15) is 18.1 Å².